The van der Waals surface area contributed by atoms with Crippen LogP contribution in [0.15, 0.2) is 43.0 Å². The number of hydrogen-bond donors (Lipinski definition) is 1. The summed E-state index contributed by atoms with van der Waals surface area (Å²) in [4.78, 5) is 8.12. The first-order valence-electron chi connectivity index (χ1n) is 5.55. The van der Waals surface area contributed by atoms with Crippen LogP contribution in [0.3, 0.4) is 0 Å². The Labute approximate surface area is 101 Å². The molecule has 0 aliphatic heterocycles. The van der Waals surface area contributed by atoms with Crippen molar-refractivity contribution in [2.24, 2.45) is 0 Å². The van der Waals surface area contributed by atoms with Crippen molar-refractivity contribution in [1.82, 2.24) is 9.97 Å². The van der Waals surface area contributed by atoms with Crippen LogP contribution >= 0.6 is 0 Å². The van der Waals surface area contributed by atoms with Gasteiger partial charge in [0.05, 0.1) is 0 Å². The van der Waals surface area contributed by atoms with Crippen LogP contribution in [0.2, 0.25) is 0 Å². The van der Waals surface area contributed by atoms with Gasteiger partial charge in [0.1, 0.15) is 0 Å². The summed E-state index contributed by atoms with van der Waals surface area (Å²) in [5.41, 5.74) is 2.14. The predicted molar refractivity (Wildman–Crippen MR) is 70.6 cm³/mol. The molecule has 0 atom stereocenters. The van der Waals surface area contributed by atoms with E-state index in [9.17, 15) is 0 Å². The number of anilines is 1. The maximum atomic E-state index is 4.12. The van der Waals surface area contributed by atoms with E-state index >= 15 is 0 Å². The molecule has 2 aromatic rings. The molecule has 0 radical (unpaired) electrons. The topological polar surface area (TPSA) is 37.8 Å². The zero-order chi connectivity index (χ0) is 12.1. The second-order valence-electron chi connectivity index (χ2n) is 3.74. The molecule has 0 fully saturated rings. The summed E-state index contributed by atoms with van der Waals surface area (Å²) in [6, 6.07) is 5.90. The van der Waals surface area contributed by atoms with Gasteiger partial charge in [-0.2, -0.15) is 0 Å². The summed E-state index contributed by atoms with van der Waals surface area (Å²) < 4.78 is 0. The van der Waals surface area contributed by atoms with E-state index in [4.69, 9.17) is 0 Å². The molecule has 0 amide bonds. The first-order valence-corrected chi connectivity index (χ1v) is 5.55. The molecule has 17 heavy (non-hydrogen) atoms. The highest BCUT2D eigenvalue weighted by molar-refractivity contribution is 5.62. The van der Waals surface area contributed by atoms with Gasteiger partial charge in [-0.1, -0.05) is 6.08 Å². The summed E-state index contributed by atoms with van der Waals surface area (Å²) in [7, 11) is 0. The molecule has 2 aromatic heterocycles. The molecular weight excluding hydrogens is 210 g/mol. The van der Waals surface area contributed by atoms with E-state index in [1.165, 1.54) is 5.22 Å². The molecule has 0 aliphatic carbocycles. The van der Waals surface area contributed by atoms with E-state index < -0.39 is 0 Å². The van der Waals surface area contributed by atoms with E-state index in [2.05, 4.69) is 28.3 Å². The van der Waals surface area contributed by atoms with E-state index in [1.807, 2.05) is 31.3 Å². The van der Waals surface area contributed by atoms with Gasteiger partial charge in [0, 0.05) is 41.4 Å². The fourth-order valence-corrected chi connectivity index (χ4v) is 1.70. The molecular formula is C14H15N3. The standard InChI is InChI=1S/C14H15N3/c1-3-12-10-16-9-6-14(12)11(2)17-13-4-7-15-8-5-13/h3-10H,1-2H3,(H,15,17)/b12-3-,14-11+. The van der Waals surface area contributed by atoms with E-state index in [1.54, 1.807) is 18.6 Å². The van der Waals surface area contributed by atoms with Gasteiger partial charge in [0.25, 0.3) is 0 Å². The minimum Gasteiger partial charge on any atom is -0.359 e. The van der Waals surface area contributed by atoms with Crippen LogP contribution in [-0.4, -0.2) is 9.97 Å². The van der Waals surface area contributed by atoms with Crippen molar-refractivity contribution in [3.63, 3.8) is 0 Å². The van der Waals surface area contributed by atoms with Gasteiger partial charge in [-0.05, 0) is 37.3 Å². The highest BCUT2D eigenvalue weighted by Crippen LogP contribution is 2.06. The van der Waals surface area contributed by atoms with Gasteiger partial charge in [-0.3, -0.25) is 9.97 Å². The first-order chi connectivity index (χ1) is 8.31. The SMILES string of the molecule is C/C=c1/cncc/c1=C(/C)Nc1ccncc1. The van der Waals surface area contributed by atoms with Crippen molar-refractivity contribution in [3.8, 4) is 0 Å². The lowest BCUT2D eigenvalue weighted by Gasteiger charge is -2.06. The van der Waals surface area contributed by atoms with Gasteiger partial charge in [-0.25, -0.2) is 0 Å². The maximum absolute atomic E-state index is 4.12. The Balaban J connectivity index is 2.46. The Morgan fingerprint density at radius 2 is 1.82 bits per heavy atom. The van der Waals surface area contributed by atoms with Crippen LogP contribution in [-0.2, 0) is 0 Å². The summed E-state index contributed by atoms with van der Waals surface area (Å²) in [5, 5.41) is 5.66. The van der Waals surface area contributed by atoms with Crippen LogP contribution in [0.1, 0.15) is 13.8 Å². The van der Waals surface area contributed by atoms with Crippen LogP contribution in [0.25, 0.3) is 11.8 Å². The zero-order valence-corrected chi connectivity index (χ0v) is 10.0. The molecule has 0 aliphatic rings. The third-order valence-corrected chi connectivity index (χ3v) is 2.58. The van der Waals surface area contributed by atoms with Crippen LogP contribution in [0, 0.1) is 0 Å². The lowest BCUT2D eigenvalue weighted by Crippen LogP contribution is -2.28. The number of rotatable bonds is 2. The van der Waals surface area contributed by atoms with Crippen molar-refractivity contribution in [2.75, 3.05) is 5.32 Å². The fraction of sp³-hybridized carbons (Fsp3) is 0.143. The second-order valence-corrected chi connectivity index (χ2v) is 3.74. The number of nitrogens with zero attached hydrogens (tertiary/aromatic N) is 2. The summed E-state index contributed by atoms with van der Waals surface area (Å²) >= 11 is 0. The summed E-state index contributed by atoms with van der Waals surface area (Å²) in [6.07, 6.45) is 9.28. The molecule has 0 saturated carbocycles. The number of nitrogens with one attached hydrogen (secondary N) is 1. The molecule has 0 saturated heterocycles. The van der Waals surface area contributed by atoms with E-state index in [0.717, 1.165) is 16.6 Å². The molecule has 2 rings (SSSR count). The lowest BCUT2D eigenvalue weighted by atomic mass is 10.2. The fourth-order valence-electron chi connectivity index (χ4n) is 1.70. The van der Waals surface area contributed by atoms with Crippen molar-refractivity contribution in [1.29, 1.82) is 0 Å². The minimum absolute atomic E-state index is 1.04. The molecule has 2 heterocycles. The maximum Gasteiger partial charge on any atom is 0.0412 e. The molecule has 3 nitrogen and oxygen atoms in total. The summed E-state index contributed by atoms with van der Waals surface area (Å²) in [6.45, 7) is 4.07. The number of aromatic nitrogens is 2. The Hall–Kier alpha value is -2.16. The van der Waals surface area contributed by atoms with Crippen molar-refractivity contribution in [2.45, 2.75) is 13.8 Å². The van der Waals surface area contributed by atoms with Crippen molar-refractivity contribution in [3.05, 3.63) is 53.4 Å². The molecule has 1 N–H and O–H groups in total. The first kappa shape index (κ1) is 11.3. The molecule has 0 bridgehead atoms. The van der Waals surface area contributed by atoms with Gasteiger partial charge in [0.2, 0.25) is 0 Å². The molecule has 3 heteroatoms. The third kappa shape index (κ3) is 2.69. The largest absolute Gasteiger partial charge is 0.359 e. The predicted octanol–water partition coefficient (Wildman–Crippen LogP) is 1.52. The monoisotopic (exact) mass is 225 g/mol. The van der Waals surface area contributed by atoms with Gasteiger partial charge >= 0.3 is 0 Å². The van der Waals surface area contributed by atoms with Crippen molar-refractivity contribution >= 4 is 17.5 Å². The average Bonchev–Trinajstić information content (AvgIpc) is 2.40. The Bertz CT molecular complexity index is 603. The lowest BCUT2D eigenvalue weighted by molar-refractivity contribution is 1.26. The van der Waals surface area contributed by atoms with E-state index in [0.29, 0.717) is 0 Å². The zero-order valence-electron chi connectivity index (χ0n) is 10.0. The van der Waals surface area contributed by atoms with Crippen LogP contribution < -0.4 is 15.8 Å². The highest BCUT2D eigenvalue weighted by atomic mass is 14.9. The molecule has 0 spiro atoms. The molecule has 0 aromatic carbocycles. The molecule has 86 valence electrons. The Kier molecular flexibility index (Phi) is 3.50. The minimum atomic E-state index is 1.04. The smallest absolute Gasteiger partial charge is 0.0412 e. The van der Waals surface area contributed by atoms with Gasteiger partial charge in [-0.15, -0.1) is 0 Å². The van der Waals surface area contributed by atoms with Crippen LogP contribution in [0.5, 0.6) is 0 Å². The molecule has 0 unspecified atom stereocenters. The normalized spacial score (nSPS) is 13.4. The van der Waals surface area contributed by atoms with Crippen molar-refractivity contribution < 1.29 is 0 Å². The highest BCUT2D eigenvalue weighted by Gasteiger charge is 1.94. The number of pyridine rings is 2. The quantitative estimate of drug-likeness (QED) is 0.842. The van der Waals surface area contributed by atoms with Gasteiger partial charge in [0.15, 0.2) is 0 Å². The Morgan fingerprint density at radius 3 is 2.53 bits per heavy atom. The Morgan fingerprint density at radius 1 is 1.12 bits per heavy atom. The number of hydrogen-bond acceptors (Lipinski definition) is 3. The average molecular weight is 225 g/mol. The summed E-state index contributed by atoms with van der Waals surface area (Å²) in [5.74, 6) is 0. The van der Waals surface area contributed by atoms with Gasteiger partial charge < -0.3 is 5.32 Å². The van der Waals surface area contributed by atoms with E-state index in [-0.39, 0.29) is 0 Å². The third-order valence-electron chi connectivity index (χ3n) is 2.58. The van der Waals surface area contributed by atoms with Crippen LogP contribution in [0.4, 0.5) is 5.69 Å². The second kappa shape index (κ2) is 5.25.